The molecule has 3 aromatic rings. The van der Waals surface area contributed by atoms with Crippen molar-refractivity contribution in [2.45, 2.75) is 13.0 Å². The Kier molecular flexibility index (Phi) is 4.58. The second-order valence-corrected chi connectivity index (χ2v) is 5.72. The molecule has 116 valence electrons. The van der Waals surface area contributed by atoms with Gasteiger partial charge in [-0.25, -0.2) is 9.97 Å². The number of pyridine rings is 1. The molecule has 0 saturated carbocycles. The lowest BCUT2D eigenvalue weighted by molar-refractivity contribution is 0.0937. The molecule has 3 rings (SSSR count). The molecule has 0 aromatic carbocycles. The van der Waals surface area contributed by atoms with E-state index in [4.69, 9.17) is 4.74 Å². The molecule has 0 fully saturated rings. The van der Waals surface area contributed by atoms with Gasteiger partial charge in [-0.05, 0) is 30.5 Å². The van der Waals surface area contributed by atoms with E-state index in [0.29, 0.717) is 5.75 Å². The molecule has 0 saturated heterocycles. The predicted octanol–water partition coefficient (Wildman–Crippen LogP) is 3.22. The monoisotopic (exact) mass is 326 g/mol. The second kappa shape index (κ2) is 6.97. The van der Waals surface area contributed by atoms with Crippen molar-refractivity contribution in [1.82, 2.24) is 20.3 Å². The van der Waals surface area contributed by atoms with Crippen LogP contribution in [-0.2, 0) is 0 Å². The summed E-state index contributed by atoms with van der Waals surface area (Å²) in [5, 5.41) is 4.89. The molecule has 0 radical (unpaired) electrons. The minimum absolute atomic E-state index is 0.103. The maximum atomic E-state index is 12.5. The third kappa shape index (κ3) is 3.70. The quantitative estimate of drug-likeness (QED) is 0.779. The number of carbonyl (C=O) groups is 1. The van der Waals surface area contributed by atoms with Crippen LogP contribution < -0.4 is 10.1 Å². The van der Waals surface area contributed by atoms with Gasteiger partial charge in [-0.2, -0.15) is 0 Å². The summed E-state index contributed by atoms with van der Waals surface area (Å²) in [6.07, 6.45) is 5.97. The largest absolute Gasteiger partial charge is 0.436 e. The lowest BCUT2D eigenvalue weighted by Crippen LogP contribution is -2.26. The number of ether oxygens (including phenoxy) is 1. The van der Waals surface area contributed by atoms with E-state index in [0.717, 1.165) is 4.88 Å². The molecule has 0 aliphatic rings. The molecular weight excluding hydrogens is 312 g/mol. The summed E-state index contributed by atoms with van der Waals surface area (Å²) in [6.45, 7) is 1.93. The second-order valence-electron chi connectivity index (χ2n) is 4.74. The Balaban J connectivity index is 1.78. The fraction of sp³-hybridized carbons (Fsp3) is 0.125. The zero-order valence-electron chi connectivity index (χ0n) is 12.3. The van der Waals surface area contributed by atoms with Crippen molar-refractivity contribution >= 4 is 17.2 Å². The summed E-state index contributed by atoms with van der Waals surface area (Å²) < 4.78 is 5.63. The van der Waals surface area contributed by atoms with E-state index in [1.807, 2.05) is 24.4 Å². The first-order valence-corrected chi connectivity index (χ1v) is 7.84. The molecule has 0 aliphatic carbocycles. The molecule has 0 spiro atoms. The molecule has 1 amide bonds. The van der Waals surface area contributed by atoms with Gasteiger partial charge >= 0.3 is 0 Å². The van der Waals surface area contributed by atoms with E-state index in [-0.39, 0.29) is 23.4 Å². The number of carbonyl (C=O) groups excluding carboxylic acids is 1. The van der Waals surface area contributed by atoms with Crippen molar-refractivity contribution in [2.75, 3.05) is 0 Å². The Morgan fingerprint density at radius 2 is 2.17 bits per heavy atom. The van der Waals surface area contributed by atoms with Crippen LogP contribution in [0.15, 0.2) is 54.6 Å². The molecule has 1 atom stereocenters. The lowest BCUT2D eigenvalue weighted by Gasteiger charge is -2.13. The van der Waals surface area contributed by atoms with Gasteiger partial charge in [0.15, 0.2) is 0 Å². The van der Waals surface area contributed by atoms with E-state index in [1.165, 1.54) is 12.5 Å². The summed E-state index contributed by atoms with van der Waals surface area (Å²) in [4.78, 5) is 25.5. The molecule has 6 nitrogen and oxygen atoms in total. The summed E-state index contributed by atoms with van der Waals surface area (Å²) >= 11 is 1.59. The van der Waals surface area contributed by atoms with Gasteiger partial charge in [0.1, 0.15) is 17.6 Å². The highest BCUT2D eigenvalue weighted by atomic mass is 32.1. The summed E-state index contributed by atoms with van der Waals surface area (Å²) in [7, 11) is 0. The summed E-state index contributed by atoms with van der Waals surface area (Å²) in [5.74, 6) is 0.417. The average Bonchev–Trinajstić information content (AvgIpc) is 3.11. The first-order valence-electron chi connectivity index (χ1n) is 6.96. The van der Waals surface area contributed by atoms with Crippen LogP contribution in [0.4, 0.5) is 0 Å². The summed E-state index contributed by atoms with van der Waals surface area (Å²) in [6, 6.07) is 7.31. The molecule has 23 heavy (non-hydrogen) atoms. The lowest BCUT2D eigenvalue weighted by atomic mass is 10.2. The number of aromatic nitrogens is 3. The third-order valence-electron chi connectivity index (χ3n) is 3.09. The third-order valence-corrected chi connectivity index (χ3v) is 4.14. The number of amides is 1. The SMILES string of the molecule is CC(NC(=O)c1cncnc1Oc1cccnc1)c1cccs1. The fourth-order valence-corrected chi connectivity index (χ4v) is 2.69. The number of hydrogen-bond donors (Lipinski definition) is 1. The number of rotatable bonds is 5. The molecule has 0 aliphatic heterocycles. The van der Waals surface area contributed by atoms with Gasteiger partial charge in [0, 0.05) is 17.3 Å². The van der Waals surface area contributed by atoms with Crippen LogP contribution in [0.3, 0.4) is 0 Å². The van der Waals surface area contributed by atoms with Gasteiger partial charge in [0.25, 0.3) is 5.91 Å². The molecule has 3 aromatic heterocycles. The molecular formula is C16H14N4O2S. The van der Waals surface area contributed by atoms with Crippen LogP contribution in [0.25, 0.3) is 0 Å². The maximum absolute atomic E-state index is 12.5. The number of nitrogens with one attached hydrogen (secondary N) is 1. The first kappa shape index (κ1) is 15.1. The topological polar surface area (TPSA) is 77.0 Å². The Morgan fingerprint density at radius 1 is 1.26 bits per heavy atom. The maximum Gasteiger partial charge on any atom is 0.258 e. The van der Waals surface area contributed by atoms with E-state index in [2.05, 4.69) is 20.3 Å². The van der Waals surface area contributed by atoms with Crippen molar-refractivity contribution in [3.63, 3.8) is 0 Å². The number of hydrogen-bond acceptors (Lipinski definition) is 6. The normalized spacial score (nSPS) is 11.7. The van der Waals surface area contributed by atoms with Gasteiger partial charge in [-0.1, -0.05) is 6.07 Å². The van der Waals surface area contributed by atoms with Crippen LogP contribution >= 0.6 is 11.3 Å². The van der Waals surface area contributed by atoms with Crippen LogP contribution in [0.2, 0.25) is 0 Å². The highest BCUT2D eigenvalue weighted by molar-refractivity contribution is 7.10. The highest BCUT2D eigenvalue weighted by Gasteiger charge is 2.18. The van der Waals surface area contributed by atoms with Crippen molar-refractivity contribution in [3.8, 4) is 11.6 Å². The smallest absolute Gasteiger partial charge is 0.258 e. The van der Waals surface area contributed by atoms with Gasteiger partial charge in [0.2, 0.25) is 5.88 Å². The molecule has 0 bridgehead atoms. The van der Waals surface area contributed by atoms with Crippen molar-refractivity contribution in [3.05, 3.63) is 65.0 Å². The van der Waals surface area contributed by atoms with Gasteiger partial charge < -0.3 is 10.1 Å². The van der Waals surface area contributed by atoms with Crippen LogP contribution in [0.5, 0.6) is 11.6 Å². The summed E-state index contributed by atoms with van der Waals surface area (Å²) in [5.41, 5.74) is 0.278. The van der Waals surface area contributed by atoms with Crippen LogP contribution in [-0.4, -0.2) is 20.9 Å². The van der Waals surface area contributed by atoms with Crippen LogP contribution in [0, 0.1) is 0 Å². The minimum atomic E-state index is -0.287. The molecule has 7 heteroatoms. The Morgan fingerprint density at radius 3 is 2.91 bits per heavy atom. The van der Waals surface area contributed by atoms with Gasteiger partial charge in [0.05, 0.1) is 12.2 Å². The molecule has 1 N–H and O–H groups in total. The number of nitrogens with zero attached hydrogens (tertiary/aromatic N) is 3. The van der Waals surface area contributed by atoms with Crippen molar-refractivity contribution < 1.29 is 9.53 Å². The Hall–Kier alpha value is -2.80. The predicted molar refractivity (Wildman–Crippen MR) is 86.5 cm³/mol. The Bertz CT molecular complexity index is 778. The standard InChI is InChI=1S/C16H14N4O2S/c1-11(14-5-3-7-23-14)20-15(21)13-9-18-10-19-16(13)22-12-4-2-6-17-8-12/h2-11H,1H3,(H,20,21). The zero-order valence-corrected chi connectivity index (χ0v) is 13.2. The molecule has 3 heterocycles. The minimum Gasteiger partial charge on any atom is -0.436 e. The average molecular weight is 326 g/mol. The van der Waals surface area contributed by atoms with Gasteiger partial charge in [-0.3, -0.25) is 9.78 Å². The van der Waals surface area contributed by atoms with Crippen molar-refractivity contribution in [2.24, 2.45) is 0 Å². The van der Waals surface area contributed by atoms with E-state index < -0.39 is 0 Å². The zero-order chi connectivity index (χ0) is 16.1. The number of thiophene rings is 1. The molecule has 1 unspecified atom stereocenters. The van der Waals surface area contributed by atoms with Crippen LogP contribution in [0.1, 0.15) is 28.2 Å². The van der Waals surface area contributed by atoms with E-state index in [9.17, 15) is 4.79 Å². The highest BCUT2D eigenvalue weighted by Crippen LogP contribution is 2.23. The van der Waals surface area contributed by atoms with E-state index >= 15 is 0 Å². The van der Waals surface area contributed by atoms with Gasteiger partial charge in [-0.15, -0.1) is 11.3 Å². The fourth-order valence-electron chi connectivity index (χ4n) is 1.96. The Labute approximate surface area is 137 Å². The van der Waals surface area contributed by atoms with E-state index in [1.54, 1.807) is 35.9 Å². The van der Waals surface area contributed by atoms with Crippen molar-refractivity contribution in [1.29, 1.82) is 0 Å². The first-order chi connectivity index (χ1) is 11.2.